The van der Waals surface area contributed by atoms with Gasteiger partial charge >= 0.3 is 5.97 Å². The van der Waals surface area contributed by atoms with E-state index in [-0.39, 0.29) is 5.97 Å². The zero-order valence-corrected chi connectivity index (χ0v) is 14.2. The fourth-order valence-electron chi connectivity index (χ4n) is 2.69. The van der Waals surface area contributed by atoms with E-state index in [1.165, 1.54) is 0 Å². The molecule has 0 fully saturated rings. The summed E-state index contributed by atoms with van der Waals surface area (Å²) in [7, 11) is 0. The van der Waals surface area contributed by atoms with Crippen LogP contribution in [0.25, 0.3) is 28.2 Å². The Morgan fingerprint density at radius 3 is 2.20 bits per heavy atom. The highest BCUT2D eigenvalue weighted by molar-refractivity contribution is 6.19. The predicted molar refractivity (Wildman–Crippen MR) is 97.7 cm³/mol. The summed E-state index contributed by atoms with van der Waals surface area (Å²) in [6, 6.07) is 19.3. The SMILES string of the molecule is C/C=C(\C(=O)OCC)c1c(-c2ccccc2)noc1-c1ccccc1. The van der Waals surface area contributed by atoms with Gasteiger partial charge in [0.25, 0.3) is 0 Å². The Morgan fingerprint density at radius 2 is 1.64 bits per heavy atom. The number of hydrogen-bond donors (Lipinski definition) is 0. The minimum absolute atomic E-state index is 0.308. The summed E-state index contributed by atoms with van der Waals surface area (Å²) in [6.45, 7) is 3.90. The van der Waals surface area contributed by atoms with E-state index in [1.54, 1.807) is 13.0 Å². The van der Waals surface area contributed by atoms with E-state index in [2.05, 4.69) is 5.16 Å². The van der Waals surface area contributed by atoms with Crippen LogP contribution in [0.3, 0.4) is 0 Å². The van der Waals surface area contributed by atoms with Crippen LogP contribution in [0, 0.1) is 0 Å². The first-order valence-electron chi connectivity index (χ1n) is 8.20. The molecule has 2 aromatic carbocycles. The third kappa shape index (κ3) is 3.38. The van der Waals surface area contributed by atoms with Crippen LogP contribution >= 0.6 is 0 Å². The third-order valence-electron chi connectivity index (χ3n) is 3.83. The van der Waals surface area contributed by atoms with Gasteiger partial charge in [0, 0.05) is 11.1 Å². The molecular formula is C21H19NO3. The van der Waals surface area contributed by atoms with Gasteiger partial charge in [0.15, 0.2) is 5.76 Å². The van der Waals surface area contributed by atoms with Crippen molar-refractivity contribution < 1.29 is 14.1 Å². The van der Waals surface area contributed by atoms with Gasteiger partial charge in [0.1, 0.15) is 5.69 Å². The summed E-state index contributed by atoms with van der Waals surface area (Å²) in [5.74, 6) is 0.170. The second kappa shape index (κ2) is 7.62. The Balaban J connectivity index is 2.22. The van der Waals surface area contributed by atoms with E-state index in [4.69, 9.17) is 9.26 Å². The van der Waals surface area contributed by atoms with Crippen molar-refractivity contribution in [2.75, 3.05) is 6.61 Å². The molecule has 4 nitrogen and oxygen atoms in total. The van der Waals surface area contributed by atoms with E-state index in [9.17, 15) is 4.79 Å². The Kier molecular flexibility index (Phi) is 5.09. The maximum absolute atomic E-state index is 12.5. The number of allylic oxidation sites excluding steroid dienone is 1. The number of nitrogens with zero attached hydrogens (tertiary/aromatic N) is 1. The molecule has 0 amide bonds. The van der Waals surface area contributed by atoms with Crippen molar-refractivity contribution in [3.05, 3.63) is 72.3 Å². The fraction of sp³-hybridized carbons (Fsp3) is 0.143. The molecule has 0 aliphatic heterocycles. The predicted octanol–water partition coefficient (Wildman–Crippen LogP) is 4.98. The van der Waals surface area contributed by atoms with Crippen LogP contribution in [-0.2, 0) is 9.53 Å². The van der Waals surface area contributed by atoms with Gasteiger partial charge in [-0.25, -0.2) is 4.79 Å². The van der Waals surface area contributed by atoms with Crippen LogP contribution < -0.4 is 0 Å². The highest BCUT2D eigenvalue weighted by Crippen LogP contribution is 2.37. The van der Waals surface area contributed by atoms with Crippen LogP contribution in [0.1, 0.15) is 19.4 Å². The van der Waals surface area contributed by atoms with E-state index in [0.717, 1.165) is 11.1 Å². The lowest BCUT2D eigenvalue weighted by atomic mass is 9.96. The van der Waals surface area contributed by atoms with Gasteiger partial charge < -0.3 is 9.26 Å². The number of ether oxygens (including phenoxy) is 1. The molecule has 0 radical (unpaired) electrons. The summed E-state index contributed by atoms with van der Waals surface area (Å²) in [5, 5.41) is 4.25. The molecule has 0 unspecified atom stereocenters. The summed E-state index contributed by atoms with van der Waals surface area (Å²) in [6.07, 6.45) is 1.74. The van der Waals surface area contributed by atoms with E-state index in [0.29, 0.717) is 29.2 Å². The second-order valence-corrected chi connectivity index (χ2v) is 5.39. The minimum Gasteiger partial charge on any atom is -0.462 e. The number of benzene rings is 2. The van der Waals surface area contributed by atoms with Crippen molar-refractivity contribution >= 4 is 11.5 Å². The van der Waals surface area contributed by atoms with Crippen molar-refractivity contribution in [3.8, 4) is 22.6 Å². The topological polar surface area (TPSA) is 52.3 Å². The Morgan fingerprint density at radius 1 is 1.04 bits per heavy atom. The highest BCUT2D eigenvalue weighted by atomic mass is 16.5. The molecule has 0 N–H and O–H groups in total. The lowest BCUT2D eigenvalue weighted by Gasteiger charge is -2.09. The first-order valence-corrected chi connectivity index (χ1v) is 8.20. The average molecular weight is 333 g/mol. The van der Waals surface area contributed by atoms with Crippen molar-refractivity contribution in [1.82, 2.24) is 5.16 Å². The maximum Gasteiger partial charge on any atom is 0.338 e. The number of carbonyl (C=O) groups excluding carboxylic acids is 1. The minimum atomic E-state index is -0.387. The molecule has 4 heteroatoms. The first kappa shape index (κ1) is 16.7. The molecule has 0 aliphatic carbocycles. The molecule has 3 rings (SSSR count). The Bertz CT molecular complexity index is 823. The number of esters is 1. The van der Waals surface area contributed by atoms with Crippen LogP contribution in [0.15, 0.2) is 71.3 Å². The van der Waals surface area contributed by atoms with Crippen molar-refractivity contribution in [1.29, 1.82) is 0 Å². The molecule has 1 aromatic heterocycles. The molecule has 0 atom stereocenters. The Labute approximate surface area is 146 Å². The van der Waals surface area contributed by atoms with Gasteiger partial charge in [-0.3, -0.25) is 0 Å². The smallest absolute Gasteiger partial charge is 0.338 e. The molecule has 126 valence electrons. The molecule has 0 saturated heterocycles. The zero-order chi connectivity index (χ0) is 17.6. The van der Waals surface area contributed by atoms with Gasteiger partial charge in [-0.15, -0.1) is 0 Å². The maximum atomic E-state index is 12.5. The van der Waals surface area contributed by atoms with Crippen LogP contribution in [-0.4, -0.2) is 17.7 Å². The monoisotopic (exact) mass is 333 g/mol. The number of rotatable bonds is 5. The molecule has 0 bridgehead atoms. The largest absolute Gasteiger partial charge is 0.462 e. The molecule has 25 heavy (non-hydrogen) atoms. The van der Waals surface area contributed by atoms with Crippen LogP contribution in [0.2, 0.25) is 0 Å². The van der Waals surface area contributed by atoms with Gasteiger partial charge in [0.2, 0.25) is 0 Å². The first-order chi connectivity index (χ1) is 12.3. The second-order valence-electron chi connectivity index (χ2n) is 5.39. The highest BCUT2D eigenvalue weighted by Gasteiger charge is 2.26. The molecular weight excluding hydrogens is 314 g/mol. The number of carbonyl (C=O) groups is 1. The van der Waals surface area contributed by atoms with Gasteiger partial charge in [-0.1, -0.05) is 71.9 Å². The molecule has 3 aromatic rings. The standard InChI is InChI=1S/C21H19NO3/c1-3-17(21(23)24-4-2)18-19(15-11-7-5-8-12-15)22-25-20(18)16-13-9-6-10-14-16/h3,5-14H,4H2,1-2H3/b17-3-. The van der Waals surface area contributed by atoms with E-state index < -0.39 is 0 Å². The lowest BCUT2D eigenvalue weighted by Crippen LogP contribution is -2.07. The average Bonchev–Trinajstić information content (AvgIpc) is 3.09. The lowest BCUT2D eigenvalue weighted by molar-refractivity contribution is -0.136. The zero-order valence-electron chi connectivity index (χ0n) is 14.2. The Hall–Kier alpha value is -3.14. The number of hydrogen-bond acceptors (Lipinski definition) is 4. The van der Waals surface area contributed by atoms with Crippen LogP contribution in [0.4, 0.5) is 0 Å². The summed E-state index contributed by atoms with van der Waals surface area (Å²) >= 11 is 0. The molecule has 1 heterocycles. The van der Waals surface area contributed by atoms with Crippen LogP contribution in [0.5, 0.6) is 0 Å². The normalized spacial score (nSPS) is 11.4. The molecule has 0 saturated carbocycles. The van der Waals surface area contributed by atoms with Gasteiger partial charge in [-0.2, -0.15) is 0 Å². The van der Waals surface area contributed by atoms with Crippen molar-refractivity contribution in [2.45, 2.75) is 13.8 Å². The summed E-state index contributed by atoms with van der Waals surface area (Å²) in [5.41, 5.74) is 3.46. The van der Waals surface area contributed by atoms with Crippen molar-refractivity contribution in [3.63, 3.8) is 0 Å². The third-order valence-corrected chi connectivity index (χ3v) is 3.83. The summed E-state index contributed by atoms with van der Waals surface area (Å²) < 4.78 is 10.9. The molecule has 0 spiro atoms. The van der Waals surface area contributed by atoms with Gasteiger partial charge in [0.05, 0.1) is 17.7 Å². The summed E-state index contributed by atoms with van der Waals surface area (Å²) in [4.78, 5) is 12.5. The fourth-order valence-corrected chi connectivity index (χ4v) is 2.69. The molecule has 0 aliphatic rings. The van der Waals surface area contributed by atoms with Crippen molar-refractivity contribution in [2.24, 2.45) is 0 Å². The quantitative estimate of drug-likeness (QED) is 0.488. The van der Waals surface area contributed by atoms with Gasteiger partial charge in [-0.05, 0) is 13.8 Å². The van der Waals surface area contributed by atoms with E-state index in [1.807, 2.05) is 67.6 Å². The van der Waals surface area contributed by atoms with E-state index >= 15 is 0 Å². The number of aromatic nitrogens is 1.